The molecule has 138 valence electrons. The lowest BCUT2D eigenvalue weighted by Crippen LogP contribution is -2.31. The fourth-order valence-electron chi connectivity index (χ4n) is 2.54. The van der Waals surface area contributed by atoms with Crippen LogP contribution in [0.4, 0.5) is 0 Å². The van der Waals surface area contributed by atoms with Gasteiger partial charge in [0.25, 0.3) is 5.91 Å². The number of nitrogens with zero attached hydrogens (tertiary/aromatic N) is 1. The van der Waals surface area contributed by atoms with E-state index in [0.29, 0.717) is 17.1 Å². The molecular weight excluding hydrogens is 350 g/mol. The van der Waals surface area contributed by atoms with Crippen molar-refractivity contribution in [3.05, 3.63) is 70.2 Å². The Morgan fingerprint density at radius 2 is 1.62 bits per heavy atom. The van der Waals surface area contributed by atoms with Gasteiger partial charge in [0.05, 0.1) is 10.6 Å². The molecule has 0 unspecified atom stereocenters. The van der Waals surface area contributed by atoms with Crippen molar-refractivity contribution >= 4 is 23.4 Å². The van der Waals surface area contributed by atoms with Crippen LogP contribution in [0.3, 0.4) is 0 Å². The Labute approximate surface area is 159 Å². The van der Waals surface area contributed by atoms with Gasteiger partial charge < -0.3 is 15.5 Å². The summed E-state index contributed by atoms with van der Waals surface area (Å²) in [4.78, 5) is 26.2. The van der Waals surface area contributed by atoms with E-state index < -0.39 is 0 Å². The van der Waals surface area contributed by atoms with Crippen LogP contribution in [0.5, 0.6) is 0 Å². The van der Waals surface area contributed by atoms with Gasteiger partial charge in [-0.3, -0.25) is 9.59 Å². The van der Waals surface area contributed by atoms with Crippen molar-refractivity contribution in [3.8, 4) is 0 Å². The summed E-state index contributed by atoms with van der Waals surface area (Å²) >= 11 is 5.99. The quantitative estimate of drug-likeness (QED) is 0.748. The normalized spacial score (nSPS) is 10.6. The first kappa shape index (κ1) is 19.9. The first-order chi connectivity index (χ1) is 12.5. The molecule has 6 heteroatoms. The Bertz CT molecular complexity index is 762. The van der Waals surface area contributed by atoms with Crippen LogP contribution in [0, 0.1) is 0 Å². The average Bonchev–Trinajstić information content (AvgIpc) is 2.61. The number of benzene rings is 2. The Morgan fingerprint density at radius 1 is 0.962 bits per heavy atom. The topological polar surface area (TPSA) is 61.4 Å². The molecule has 0 aromatic heterocycles. The summed E-state index contributed by atoms with van der Waals surface area (Å²) in [6.07, 6.45) is 0.214. The summed E-state index contributed by atoms with van der Waals surface area (Å²) in [6.45, 7) is 1.55. The van der Waals surface area contributed by atoms with Gasteiger partial charge >= 0.3 is 0 Å². The van der Waals surface area contributed by atoms with Crippen molar-refractivity contribution in [2.75, 3.05) is 20.6 Å². The van der Waals surface area contributed by atoms with E-state index >= 15 is 0 Å². The van der Waals surface area contributed by atoms with Crippen LogP contribution in [0.15, 0.2) is 48.5 Å². The van der Waals surface area contributed by atoms with E-state index in [1.54, 1.807) is 24.3 Å². The second-order valence-corrected chi connectivity index (χ2v) is 6.68. The predicted octanol–water partition coefficient (Wildman–Crippen LogP) is 2.84. The van der Waals surface area contributed by atoms with Gasteiger partial charge in [0.2, 0.25) is 5.91 Å². The third-order valence-corrected chi connectivity index (χ3v) is 4.17. The van der Waals surface area contributed by atoms with Gasteiger partial charge in [0, 0.05) is 26.1 Å². The van der Waals surface area contributed by atoms with E-state index in [-0.39, 0.29) is 24.8 Å². The number of rotatable bonds is 8. The predicted molar refractivity (Wildman–Crippen MR) is 104 cm³/mol. The number of nitrogens with one attached hydrogen (secondary N) is 2. The lowest BCUT2D eigenvalue weighted by Gasteiger charge is -2.14. The highest BCUT2D eigenvalue weighted by Crippen LogP contribution is 2.14. The van der Waals surface area contributed by atoms with Crippen LogP contribution in [0.2, 0.25) is 5.02 Å². The van der Waals surface area contributed by atoms with Crippen LogP contribution >= 0.6 is 11.6 Å². The maximum absolute atomic E-state index is 12.0. The highest BCUT2D eigenvalue weighted by Gasteiger charge is 2.10. The molecule has 0 bridgehead atoms. The summed E-state index contributed by atoms with van der Waals surface area (Å²) in [7, 11) is 4.02. The molecule has 0 fully saturated rings. The number of carbonyl (C=O) groups is 2. The van der Waals surface area contributed by atoms with Gasteiger partial charge in [-0.25, -0.2) is 0 Å². The number of hydrogen-bond donors (Lipinski definition) is 2. The van der Waals surface area contributed by atoms with Crippen molar-refractivity contribution in [2.45, 2.75) is 19.5 Å². The zero-order chi connectivity index (χ0) is 18.9. The molecule has 26 heavy (non-hydrogen) atoms. The fraction of sp³-hybridized carbons (Fsp3) is 0.300. The lowest BCUT2D eigenvalue weighted by atomic mass is 10.1. The zero-order valence-electron chi connectivity index (χ0n) is 15.1. The number of amides is 2. The lowest BCUT2D eigenvalue weighted by molar-refractivity contribution is -0.121. The number of halogens is 1. The third-order valence-electron chi connectivity index (χ3n) is 3.84. The first-order valence-electron chi connectivity index (χ1n) is 8.48. The first-order valence-corrected chi connectivity index (χ1v) is 8.86. The van der Waals surface area contributed by atoms with Crippen molar-refractivity contribution in [2.24, 2.45) is 0 Å². The molecule has 0 radical (unpaired) electrons. The third kappa shape index (κ3) is 6.17. The van der Waals surface area contributed by atoms with Crippen molar-refractivity contribution in [3.63, 3.8) is 0 Å². The van der Waals surface area contributed by atoms with Gasteiger partial charge in [0.15, 0.2) is 0 Å². The maximum Gasteiger partial charge on any atom is 0.252 e. The van der Waals surface area contributed by atoms with Crippen LogP contribution in [0.1, 0.15) is 27.9 Å². The zero-order valence-corrected chi connectivity index (χ0v) is 15.8. The van der Waals surface area contributed by atoms with E-state index in [4.69, 9.17) is 11.6 Å². The molecule has 0 heterocycles. The Balaban J connectivity index is 1.78. The smallest absolute Gasteiger partial charge is 0.252 e. The van der Waals surface area contributed by atoms with E-state index in [0.717, 1.165) is 12.1 Å². The second-order valence-electron chi connectivity index (χ2n) is 6.27. The molecular formula is C20H24ClN3O2. The van der Waals surface area contributed by atoms with Crippen molar-refractivity contribution in [1.82, 2.24) is 15.5 Å². The summed E-state index contributed by atoms with van der Waals surface area (Å²) in [5.41, 5.74) is 2.69. The van der Waals surface area contributed by atoms with E-state index in [9.17, 15) is 9.59 Å². The van der Waals surface area contributed by atoms with Crippen LogP contribution in [-0.2, 0) is 17.9 Å². The minimum Gasteiger partial charge on any atom is -0.352 e. The largest absolute Gasteiger partial charge is 0.352 e. The average molecular weight is 374 g/mol. The Kier molecular flexibility index (Phi) is 7.63. The van der Waals surface area contributed by atoms with Crippen LogP contribution in [-0.4, -0.2) is 37.4 Å². The molecule has 2 aromatic rings. The molecule has 0 aliphatic rings. The molecule has 2 amide bonds. The van der Waals surface area contributed by atoms with Gasteiger partial charge in [-0.05, 0) is 37.4 Å². The van der Waals surface area contributed by atoms with Gasteiger partial charge in [-0.2, -0.15) is 0 Å². The number of hydrogen-bond acceptors (Lipinski definition) is 3. The highest BCUT2D eigenvalue weighted by atomic mass is 35.5. The molecule has 2 N–H and O–H groups in total. The van der Waals surface area contributed by atoms with Crippen LogP contribution < -0.4 is 10.6 Å². The molecule has 0 atom stereocenters. The maximum atomic E-state index is 12.0. The van der Waals surface area contributed by atoms with Crippen LogP contribution in [0.25, 0.3) is 0 Å². The molecule has 5 nitrogen and oxygen atoms in total. The van der Waals surface area contributed by atoms with E-state index in [2.05, 4.69) is 21.6 Å². The summed E-state index contributed by atoms with van der Waals surface area (Å²) < 4.78 is 0. The standard InChI is InChI=1S/C20H24ClN3O2/c1-24(2)14-16-8-4-3-7-15(16)13-23-19(25)11-12-22-20(26)17-9-5-6-10-18(17)21/h3-10H,11-14H2,1-2H3,(H,22,26)(H,23,25). The second kappa shape index (κ2) is 9.94. The fourth-order valence-corrected chi connectivity index (χ4v) is 2.76. The molecule has 0 aliphatic heterocycles. The molecule has 2 aromatic carbocycles. The monoisotopic (exact) mass is 373 g/mol. The Morgan fingerprint density at radius 3 is 2.31 bits per heavy atom. The molecule has 0 aliphatic carbocycles. The van der Waals surface area contributed by atoms with E-state index in [1.807, 2.05) is 32.3 Å². The summed E-state index contributed by atoms with van der Waals surface area (Å²) in [5.74, 6) is -0.385. The minimum atomic E-state index is -0.278. The molecule has 0 spiro atoms. The van der Waals surface area contributed by atoms with Crippen molar-refractivity contribution < 1.29 is 9.59 Å². The summed E-state index contributed by atoms with van der Waals surface area (Å²) in [6, 6.07) is 14.9. The van der Waals surface area contributed by atoms with Crippen molar-refractivity contribution in [1.29, 1.82) is 0 Å². The number of carbonyl (C=O) groups excluding carboxylic acids is 2. The summed E-state index contributed by atoms with van der Waals surface area (Å²) in [5, 5.41) is 6.01. The van der Waals surface area contributed by atoms with Gasteiger partial charge in [-0.1, -0.05) is 48.0 Å². The molecule has 0 saturated carbocycles. The SMILES string of the molecule is CN(C)Cc1ccccc1CNC(=O)CCNC(=O)c1ccccc1Cl. The van der Waals surface area contributed by atoms with Gasteiger partial charge in [-0.15, -0.1) is 0 Å². The molecule has 0 saturated heterocycles. The Hall–Kier alpha value is -2.37. The van der Waals surface area contributed by atoms with E-state index in [1.165, 1.54) is 5.56 Å². The highest BCUT2D eigenvalue weighted by molar-refractivity contribution is 6.33. The molecule has 2 rings (SSSR count). The minimum absolute atomic E-state index is 0.107. The van der Waals surface area contributed by atoms with Gasteiger partial charge in [0.1, 0.15) is 0 Å².